The molecule has 0 aliphatic heterocycles. The lowest BCUT2D eigenvalue weighted by atomic mass is 10.1. The summed E-state index contributed by atoms with van der Waals surface area (Å²) in [5.74, 6) is 1.19. The second-order valence-corrected chi connectivity index (χ2v) is 5.60. The van der Waals surface area contributed by atoms with Gasteiger partial charge < -0.3 is 14.8 Å². The Labute approximate surface area is 133 Å². The average Bonchev–Trinajstić information content (AvgIpc) is 3.31. The zero-order valence-corrected chi connectivity index (χ0v) is 13.1. The van der Waals surface area contributed by atoms with Gasteiger partial charge in [0.2, 0.25) is 0 Å². The number of rotatable bonds is 5. The molecule has 1 saturated carbocycles. The number of methoxy groups -OCH3 is 1. The second kappa shape index (κ2) is 5.46. The molecule has 1 aromatic carbocycles. The van der Waals surface area contributed by atoms with Gasteiger partial charge in [0, 0.05) is 18.1 Å². The van der Waals surface area contributed by atoms with E-state index in [0.29, 0.717) is 17.7 Å². The van der Waals surface area contributed by atoms with Crippen LogP contribution in [0.15, 0.2) is 30.3 Å². The fraction of sp³-hybridized carbons (Fsp3) is 0.294. The summed E-state index contributed by atoms with van der Waals surface area (Å²) in [7, 11) is 3.50. The predicted molar refractivity (Wildman–Crippen MR) is 89.1 cm³/mol. The van der Waals surface area contributed by atoms with E-state index in [-0.39, 0.29) is 0 Å². The molecule has 0 bridgehead atoms. The number of hydrogen-bond acceptors (Lipinski definition) is 5. The molecule has 3 aromatic rings. The minimum absolute atomic E-state index is 0.306. The first kappa shape index (κ1) is 13.9. The molecule has 2 aromatic heterocycles. The maximum Gasteiger partial charge on any atom is 0.257 e. The summed E-state index contributed by atoms with van der Waals surface area (Å²) < 4.78 is 11.2. The Balaban J connectivity index is 1.77. The molecule has 0 spiro atoms. The first-order chi connectivity index (χ1) is 11.3. The van der Waals surface area contributed by atoms with Gasteiger partial charge in [-0.05, 0) is 43.2 Å². The van der Waals surface area contributed by atoms with E-state index in [2.05, 4.69) is 26.6 Å². The molecule has 4 rings (SSSR count). The van der Waals surface area contributed by atoms with Crippen molar-refractivity contribution in [1.29, 1.82) is 0 Å². The van der Waals surface area contributed by atoms with Crippen molar-refractivity contribution in [2.45, 2.75) is 18.9 Å². The molecule has 118 valence electrons. The van der Waals surface area contributed by atoms with Gasteiger partial charge in [-0.25, -0.2) is 4.98 Å². The summed E-state index contributed by atoms with van der Waals surface area (Å²) in [5, 5.41) is 11.6. The van der Waals surface area contributed by atoms with Gasteiger partial charge in [-0.3, -0.25) is 5.10 Å². The van der Waals surface area contributed by atoms with E-state index in [1.54, 1.807) is 7.11 Å². The van der Waals surface area contributed by atoms with E-state index in [1.807, 2.05) is 31.3 Å². The predicted octanol–water partition coefficient (Wildman–Crippen LogP) is 3.22. The molecule has 0 unspecified atom stereocenters. The van der Waals surface area contributed by atoms with Crippen LogP contribution in [-0.2, 0) is 0 Å². The van der Waals surface area contributed by atoms with Crippen LogP contribution in [-0.4, -0.2) is 35.4 Å². The molecule has 6 nitrogen and oxygen atoms in total. The highest BCUT2D eigenvalue weighted by Crippen LogP contribution is 2.35. The molecule has 2 heterocycles. The summed E-state index contributed by atoms with van der Waals surface area (Å²) in [6, 6.07) is 9.88. The summed E-state index contributed by atoms with van der Waals surface area (Å²) in [6.45, 7) is 0. The lowest BCUT2D eigenvalue weighted by Crippen LogP contribution is -2.00. The van der Waals surface area contributed by atoms with Gasteiger partial charge in [-0.2, -0.15) is 5.10 Å². The zero-order valence-electron chi connectivity index (χ0n) is 13.1. The van der Waals surface area contributed by atoms with Gasteiger partial charge in [0.05, 0.1) is 24.4 Å². The van der Waals surface area contributed by atoms with Crippen LogP contribution in [0.4, 0.5) is 5.69 Å². The Morgan fingerprint density at radius 2 is 2.09 bits per heavy atom. The van der Waals surface area contributed by atoms with Gasteiger partial charge in [-0.1, -0.05) is 0 Å². The Hall–Kier alpha value is -2.76. The summed E-state index contributed by atoms with van der Waals surface area (Å²) in [5.41, 5.74) is 3.55. The second-order valence-electron chi connectivity index (χ2n) is 5.60. The topological polar surface area (TPSA) is 72.1 Å². The highest BCUT2D eigenvalue weighted by atomic mass is 16.5. The number of nitrogens with zero attached hydrogens (tertiary/aromatic N) is 2. The van der Waals surface area contributed by atoms with Crippen LogP contribution in [0.3, 0.4) is 0 Å². The fourth-order valence-electron chi connectivity index (χ4n) is 2.53. The number of nitrogens with one attached hydrogen (secondary N) is 2. The van der Waals surface area contributed by atoms with E-state index < -0.39 is 0 Å². The number of aromatic amines is 1. The van der Waals surface area contributed by atoms with Crippen molar-refractivity contribution < 1.29 is 9.47 Å². The Bertz CT molecular complexity index is 855. The maximum atomic E-state index is 5.82. The SMILES string of the molecule is CNc1ccc2[nH]nc(-c3ccc(OC4CC4)c(OC)n3)c2c1. The fourth-order valence-corrected chi connectivity index (χ4v) is 2.53. The van der Waals surface area contributed by atoms with Crippen LogP contribution in [0, 0.1) is 0 Å². The van der Waals surface area contributed by atoms with Crippen LogP contribution in [0.5, 0.6) is 11.6 Å². The van der Waals surface area contributed by atoms with Crippen LogP contribution in [0.2, 0.25) is 0 Å². The van der Waals surface area contributed by atoms with E-state index >= 15 is 0 Å². The van der Waals surface area contributed by atoms with Crippen LogP contribution >= 0.6 is 0 Å². The third kappa shape index (κ3) is 2.56. The Morgan fingerprint density at radius 3 is 2.83 bits per heavy atom. The number of pyridine rings is 1. The van der Waals surface area contributed by atoms with Gasteiger partial charge in [-0.15, -0.1) is 0 Å². The van der Waals surface area contributed by atoms with Gasteiger partial charge in [0.1, 0.15) is 5.69 Å². The molecule has 0 saturated heterocycles. The number of aromatic nitrogens is 3. The summed E-state index contributed by atoms with van der Waals surface area (Å²) in [6.07, 6.45) is 2.50. The van der Waals surface area contributed by atoms with Crippen molar-refractivity contribution in [2.24, 2.45) is 0 Å². The number of anilines is 1. The molecule has 1 aliphatic rings. The number of H-pyrrole nitrogens is 1. The van der Waals surface area contributed by atoms with Crippen LogP contribution < -0.4 is 14.8 Å². The Kier molecular flexibility index (Phi) is 3.29. The minimum atomic E-state index is 0.306. The zero-order chi connectivity index (χ0) is 15.8. The standard InChI is InChI=1S/C17H18N4O2/c1-18-10-3-6-13-12(9-10)16(21-20-13)14-7-8-15(17(19-14)22-2)23-11-4-5-11/h3,6-9,11,18H,4-5H2,1-2H3,(H,20,21). The molecule has 2 N–H and O–H groups in total. The molecule has 0 radical (unpaired) electrons. The monoisotopic (exact) mass is 310 g/mol. The molecular weight excluding hydrogens is 292 g/mol. The number of ether oxygens (including phenoxy) is 2. The Morgan fingerprint density at radius 1 is 1.22 bits per heavy atom. The number of benzene rings is 1. The van der Waals surface area contributed by atoms with Crippen LogP contribution in [0.25, 0.3) is 22.3 Å². The van der Waals surface area contributed by atoms with Gasteiger partial charge in [0.15, 0.2) is 5.75 Å². The van der Waals surface area contributed by atoms with E-state index in [0.717, 1.165) is 40.8 Å². The van der Waals surface area contributed by atoms with Crippen LogP contribution in [0.1, 0.15) is 12.8 Å². The molecular formula is C17H18N4O2. The lowest BCUT2D eigenvalue weighted by molar-refractivity contribution is 0.277. The molecule has 23 heavy (non-hydrogen) atoms. The number of hydrogen-bond donors (Lipinski definition) is 2. The lowest BCUT2D eigenvalue weighted by Gasteiger charge is -2.10. The van der Waals surface area contributed by atoms with Crippen molar-refractivity contribution in [3.63, 3.8) is 0 Å². The van der Waals surface area contributed by atoms with Crippen molar-refractivity contribution in [2.75, 3.05) is 19.5 Å². The van der Waals surface area contributed by atoms with Crippen molar-refractivity contribution in [3.8, 4) is 23.0 Å². The third-order valence-corrected chi connectivity index (χ3v) is 3.93. The molecule has 6 heteroatoms. The first-order valence-corrected chi connectivity index (χ1v) is 7.66. The first-order valence-electron chi connectivity index (χ1n) is 7.66. The molecule has 1 aliphatic carbocycles. The van der Waals surface area contributed by atoms with Crippen molar-refractivity contribution in [1.82, 2.24) is 15.2 Å². The molecule has 1 fully saturated rings. The molecule has 0 amide bonds. The molecule has 0 atom stereocenters. The normalized spacial score (nSPS) is 14.0. The minimum Gasteiger partial charge on any atom is -0.485 e. The third-order valence-electron chi connectivity index (χ3n) is 3.93. The van der Waals surface area contributed by atoms with E-state index in [9.17, 15) is 0 Å². The van der Waals surface area contributed by atoms with E-state index in [4.69, 9.17) is 9.47 Å². The van der Waals surface area contributed by atoms with Gasteiger partial charge in [0.25, 0.3) is 5.88 Å². The van der Waals surface area contributed by atoms with Crippen molar-refractivity contribution in [3.05, 3.63) is 30.3 Å². The number of fused-ring (bicyclic) bond motifs is 1. The van der Waals surface area contributed by atoms with E-state index in [1.165, 1.54) is 0 Å². The maximum absolute atomic E-state index is 5.82. The van der Waals surface area contributed by atoms with Gasteiger partial charge >= 0.3 is 0 Å². The summed E-state index contributed by atoms with van der Waals surface area (Å²) in [4.78, 5) is 4.57. The average molecular weight is 310 g/mol. The smallest absolute Gasteiger partial charge is 0.257 e. The highest BCUT2D eigenvalue weighted by molar-refractivity contribution is 5.94. The quantitative estimate of drug-likeness (QED) is 0.757. The summed E-state index contributed by atoms with van der Waals surface area (Å²) >= 11 is 0. The highest BCUT2D eigenvalue weighted by Gasteiger charge is 2.25. The van der Waals surface area contributed by atoms with Crippen molar-refractivity contribution >= 4 is 16.6 Å². The largest absolute Gasteiger partial charge is 0.485 e.